The van der Waals surface area contributed by atoms with Gasteiger partial charge in [-0.1, -0.05) is 30.3 Å². The Kier molecular flexibility index (Phi) is 3.90. The molecule has 1 aromatic rings. The Hall–Kier alpha value is -0.940. The molecule has 1 aliphatic heterocycles. The lowest BCUT2D eigenvalue weighted by Crippen LogP contribution is -2.34. The van der Waals surface area contributed by atoms with Crippen molar-refractivity contribution in [2.45, 2.75) is 31.5 Å². The van der Waals surface area contributed by atoms with E-state index in [1.165, 1.54) is 0 Å². The number of benzene rings is 1. The van der Waals surface area contributed by atoms with Crippen molar-refractivity contribution in [1.82, 2.24) is 5.32 Å². The first-order chi connectivity index (χ1) is 7.75. The van der Waals surface area contributed by atoms with Crippen molar-refractivity contribution in [1.29, 1.82) is 0 Å². The van der Waals surface area contributed by atoms with Crippen molar-refractivity contribution in [3.63, 3.8) is 0 Å². The number of aliphatic hydroxyl groups excluding tert-OH is 1. The molecule has 1 aliphatic rings. The van der Waals surface area contributed by atoms with Crippen LogP contribution in [-0.4, -0.2) is 35.2 Å². The second-order valence-electron chi connectivity index (χ2n) is 4.08. The fraction of sp³-hybridized carbons (Fsp3) is 0.500. The van der Waals surface area contributed by atoms with Crippen molar-refractivity contribution in [3.05, 3.63) is 35.9 Å². The fourth-order valence-corrected chi connectivity index (χ4v) is 1.88. The molecule has 16 heavy (non-hydrogen) atoms. The molecule has 4 heteroatoms. The molecule has 0 unspecified atom stereocenters. The minimum atomic E-state index is -1.30. The van der Waals surface area contributed by atoms with Gasteiger partial charge in [0, 0.05) is 6.54 Å². The van der Waals surface area contributed by atoms with Crippen LogP contribution in [0.4, 0.5) is 0 Å². The maximum Gasteiger partial charge on any atom is 0.167 e. The van der Waals surface area contributed by atoms with Gasteiger partial charge in [-0.05, 0) is 12.0 Å². The second-order valence-corrected chi connectivity index (χ2v) is 4.08. The average molecular weight is 223 g/mol. The van der Waals surface area contributed by atoms with Gasteiger partial charge in [0.2, 0.25) is 0 Å². The molecule has 1 aromatic carbocycles. The number of nitrogens with one attached hydrogen (secondary N) is 1. The number of hydrogen-bond acceptors (Lipinski definition) is 4. The van der Waals surface area contributed by atoms with Gasteiger partial charge in [-0.15, -0.1) is 0 Å². The molecule has 0 amide bonds. The van der Waals surface area contributed by atoms with Gasteiger partial charge >= 0.3 is 0 Å². The lowest BCUT2D eigenvalue weighted by molar-refractivity contribution is -0.0661. The van der Waals surface area contributed by atoms with Crippen molar-refractivity contribution in [2.75, 3.05) is 6.54 Å². The summed E-state index contributed by atoms with van der Waals surface area (Å²) in [6.07, 6.45) is -0.595. The Morgan fingerprint density at radius 2 is 2.06 bits per heavy atom. The third-order valence-electron chi connectivity index (χ3n) is 2.81. The van der Waals surface area contributed by atoms with Crippen LogP contribution in [0.1, 0.15) is 12.0 Å². The van der Waals surface area contributed by atoms with Crippen LogP contribution in [0.25, 0.3) is 0 Å². The monoisotopic (exact) mass is 223 g/mol. The topological polar surface area (TPSA) is 61.7 Å². The van der Waals surface area contributed by atoms with E-state index in [4.69, 9.17) is 14.9 Å². The maximum absolute atomic E-state index is 8.99. The smallest absolute Gasteiger partial charge is 0.167 e. The standard InChI is InChI=1S/C12H17NO3/c14-12(15)11-6-10(7-13-11)16-8-9-4-2-1-3-5-9/h1-5,10-15H,6-8H2/t10-,11+/m1/s1. The van der Waals surface area contributed by atoms with Crippen molar-refractivity contribution in [2.24, 2.45) is 0 Å². The Balaban J connectivity index is 1.76. The van der Waals surface area contributed by atoms with E-state index in [9.17, 15) is 0 Å². The van der Waals surface area contributed by atoms with Crippen molar-refractivity contribution < 1.29 is 14.9 Å². The van der Waals surface area contributed by atoms with Crippen LogP contribution in [0.3, 0.4) is 0 Å². The quantitative estimate of drug-likeness (QED) is 0.640. The SMILES string of the molecule is OC(O)[C@@H]1C[C@@H](OCc2ccccc2)CN1. The molecule has 88 valence electrons. The number of aliphatic hydroxyl groups is 2. The van der Waals surface area contributed by atoms with E-state index in [1.807, 2.05) is 30.3 Å². The van der Waals surface area contributed by atoms with Crippen LogP contribution in [-0.2, 0) is 11.3 Å². The van der Waals surface area contributed by atoms with E-state index in [0.29, 0.717) is 19.6 Å². The van der Waals surface area contributed by atoms with E-state index >= 15 is 0 Å². The van der Waals surface area contributed by atoms with Crippen molar-refractivity contribution in [3.8, 4) is 0 Å². The molecular weight excluding hydrogens is 206 g/mol. The van der Waals surface area contributed by atoms with Gasteiger partial charge in [0.15, 0.2) is 6.29 Å². The van der Waals surface area contributed by atoms with Gasteiger partial charge in [0.25, 0.3) is 0 Å². The zero-order chi connectivity index (χ0) is 11.4. The van der Waals surface area contributed by atoms with Gasteiger partial charge in [-0.25, -0.2) is 0 Å². The molecule has 0 aromatic heterocycles. The molecule has 2 atom stereocenters. The summed E-state index contributed by atoms with van der Waals surface area (Å²) in [7, 11) is 0. The van der Waals surface area contributed by atoms with E-state index in [-0.39, 0.29) is 12.1 Å². The van der Waals surface area contributed by atoms with Gasteiger partial charge in [-0.3, -0.25) is 0 Å². The lowest BCUT2D eigenvalue weighted by atomic mass is 10.2. The molecule has 4 nitrogen and oxygen atoms in total. The Morgan fingerprint density at radius 3 is 2.69 bits per heavy atom. The zero-order valence-electron chi connectivity index (χ0n) is 9.04. The molecule has 1 saturated heterocycles. The normalized spacial score (nSPS) is 25.2. The largest absolute Gasteiger partial charge is 0.372 e. The van der Waals surface area contributed by atoms with Crippen molar-refractivity contribution >= 4 is 0 Å². The third kappa shape index (κ3) is 3.02. The minimum Gasteiger partial charge on any atom is -0.372 e. The Bertz CT molecular complexity index is 315. The van der Waals surface area contributed by atoms with E-state index in [2.05, 4.69) is 5.32 Å². The summed E-state index contributed by atoms with van der Waals surface area (Å²) in [4.78, 5) is 0. The van der Waals surface area contributed by atoms with Gasteiger partial charge < -0.3 is 20.3 Å². The highest BCUT2D eigenvalue weighted by Crippen LogP contribution is 2.14. The zero-order valence-corrected chi connectivity index (χ0v) is 9.04. The predicted octanol–water partition coefficient (Wildman–Crippen LogP) is 0.244. The molecule has 0 aliphatic carbocycles. The van der Waals surface area contributed by atoms with Gasteiger partial charge in [0.1, 0.15) is 0 Å². The summed E-state index contributed by atoms with van der Waals surface area (Å²) in [5.41, 5.74) is 1.13. The molecular formula is C12H17NO3. The molecule has 1 heterocycles. The van der Waals surface area contributed by atoms with E-state index in [0.717, 1.165) is 5.56 Å². The average Bonchev–Trinajstić information content (AvgIpc) is 2.76. The van der Waals surface area contributed by atoms with Gasteiger partial charge in [0.05, 0.1) is 18.8 Å². The fourth-order valence-electron chi connectivity index (χ4n) is 1.88. The summed E-state index contributed by atoms with van der Waals surface area (Å²) < 4.78 is 5.68. The third-order valence-corrected chi connectivity index (χ3v) is 2.81. The number of hydrogen-bond donors (Lipinski definition) is 3. The van der Waals surface area contributed by atoms with Crippen LogP contribution in [0.15, 0.2) is 30.3 Å². The molecule has 0 spiro atoms. The predicted molar refractivity (Wildman–Crippen MR) is 59.7 cm³/mol. The first-order valence-electron chi connectivity index (χ1n) is 5.51. The second kappa shape index (κ2) is 5.41. The number of rotatable bonds is 4. The van der Waals surface area contributed by atoms with Crippen LogP contribution in [0.2, 0.25) is 0 Å². The Labute approximate surface area is 94.9 Å². The molecule has 3 N–H and O–H groups in total. The van der Waals surface area contributed by atoms with E-state index in [1.54, 1.807) is 0 Å². The summed E-state index contributed by atoms with van der Waals surface area (Å²) in [5.74, 6) is 0. The summed E-state index contributed by atoms with van der Waals surface area (Å²) in [5, 5.41) is 21.0. The Morgan fingerprint density at radius 1 is 1.31 bits per heavy atom. The summed E-state index contributed by atoms with van der Waals surface area (Å²) in [6.45, 7) is 1.25. The summed E-state index contributed by atoms with van der Waals surface area (Å²) >= 11 is 0. The first-order valence-corrected chi connectivity index (χ1v) is 5.51. The van der Waals surface area contributed by atoms with E-state index < -0.39 is 6.29 Å². The highest BCUT2D eigenvalue weighted by atomic mass is 16.5. The van der Waals surface area contributed by atoms with Crippen LogP contribution < -0.4 is 5.32 Å². The minimum absolute atomic E-state index is 0.0620. The van der Waals surface area contributed by atoms with Crippen LogP contribution in [0, 0.1) is 0 Å². The maximum atomic E-state index is 8.99. The molecule has 2 rings (SSSR count). The highest BCUT2D eigenvalue weighted by Gasteiger charge is 2.28. The lowest BCUT2D eigenvalue weighted by Gasteiger charge is -2.13. The highest BCUT2D eigenvalue weighted by molar-refractivity contribution is 5.13. The summed E-state index contributed by atoms with van der Waals surface area (Å²) in [6, 6.07) is 9.69. The molecule has 1 fully saturated rings. The molecule has 0 bridgehead atoms. The first kappa shape index (κ1) is 11.5. The molecule has 0 radical (unpaired) electrons. The number of ether oxygens (including phenoxy) is 1. The van der Waals surface area contributed by atoms with Crippen LogP contribution >= 0.6 is 0 Å². The van der Waals surface area contributed by atoms with Crippen LogP contribution in [0.5, 0.6) is 0 Å². The van der Waals surface area contributed by atoms with Gasteiger partial charge in [-0.2, -0.15) is 0 Å². The molecule has 0 saturated carbocycles.